The second kappa shape index (κ2) is 13.3. The van der Waals surface area contributed by atoms with E-state index in [1.165, 1.54) is 0 Å². The third-order valence-electron chi connectivity index (χ3n) is 5.32. The molecule has 0 aliphatic heterocycles. The van der Waals surface area contributed by atoms with E-state index in [0.717, 1.165) is 16.7 Å². The molecule has 3 unspecified atom stereocenters. The summed E-state index contributed by atoms with van der Waals surface area (Å²) in [6.07, 6.45) is -0.518. The minimum absolute atomic E-state index is 0.115. The maximum Gasteiger partial charge on any atom is 0.360 e. The summed E-state index contributed by atoms with van der Waals surface area (Å²) in [4.78, 5) is 37.6. The van der Waals surface area contributed by atoms with Gasteiger partial charge in [-0.25, -0.2) is 9.59 Å². The molecule has 0 saturated carbocycles. The maximum absolute atomic E-state index is 13.1. The molecular weight excluding hydrogens is 450 g/mol. The number of benzene rings is 2. The van der Waals surface area contributed by atoms with Crippen LogP contribution in [0.3, 0.4) is 0 Å². The van der Waals surface area contributed by atoms with E-state index in [1.54, 1.807) is 37.3 Å². The molecule has 0 heterocycles. The van der Waals surface area contributed by atoms with Crippen molar-refractivity contribution < 1.29 is 19.5 Å². The Bertz CT molecular complexity index is 1040. The number of amides is 3. The van der Waals surface area contributed by atoms with Crippen molar-refractivity contribution in [1.82, 2.24) is 16.0 Å². The zero-order valence-corrected chi connectivity index (χ0v) is 20.1. The van der Waals surface area contributed by atoms with Gasteiger partial charge in [-0.15, -0.1) is 5.11 Å². The predicted molar refractivity (Wildman–Crippen MR) is 132 cm³/mol. The van der Waals surface area contributed by atoms with E-state index in [1.807, 2.05) is 32.0 Å². The number of carboxylic acid groups (broad SMARTS) is 1. The van der Waals surface area contributed by atoms with Crippen LogP contribution in [-0.2, 0) is 16.0 Å². The lowest BCUT2D eigenvalue weighted by Crippen LogP contribution is -2.62. The van der Waals surface area contributed by atoms with E-state index >= 15 is 0 Å². The van der Waals surface area contributed by atoms with Crippen LogP contribution >= 0.6 is 0 Å². The van der Waals surface area contributed by atoms with Gasteiger partial charge in [-0.1, -0.05) is 54.5 Å². The molecular formula is C24H33N7O4. The lowest BCUT2D eigenvalue weighted by molar-refractivity contribution is -0.143. The first-order chi connectivity index (χ1) is 16.6. The van der Waals surface area contributed by atoms with Gasteiger partial charge in [-0.05, 0) is 43.0 Å². The van der Waals surface area contributed by atoms with Crippen molar-refractivity contribution in [2.45, 2.75) is 58.0 Å². The highest BCUT2D eigenvalue weighted by Gasteiger charge is 2.32. The number of carboxylic acids is 1. The molecule has 0 aliphatic carbocycles. The summed E-state index contributed by atoms with van der Waals surface area (Å²) in [6, 6.07) is 10.6. The van der Waals surface area contributed by atoms with Crippen LogP contribution in [-0.4, -0.2) is 47.4 Å². The van der Waals surface area contributed by atoms with Crippen molar-refractivity contribution in [2.75, 3.05) is 0 Å². The second-order valence-corrected chi connectivity index (χ2v) is 8.21. The SMILES string of the molecule is CCC(NC(N)N)C(NC(=O)C(Cc1ccccc1)NC(=O)N=Nc1cc(C)ccc1C)C(=O)O. The Morgan fingerprint density at radius 1 is 1.03 bits per heavy atom. The highest BCUT2D eigenvalue weighted by atomic mass is 16.4. The number of carbonyl (C=O) groups is 3. The molecule has 3 amide bonds. The topological polar surface area (TPSA) is 184 Å². The number of azo groups is 1. The maximum atomic E-state index is 13.1. The van der Waals surface area contributed by atoms with Gasteiger partial charge in [0.15, 0.2) is 0 Å². The molecule has 11 heteroatoms. The Balaban J connectivity index is 2.23. The predicted octanol–water partition coefficient (Wildman–Crippen LogP) is 1.85. The third-order valence-corrected chi connectivity index (χ3v) is 5.32. The van der Waals surface area contributed by atoms with E-state index in [2.05, 4.69) is 26.2 Å². The Hall–Kier alpha value is -3.67. The van der Waals surface area contributed by atoms with Crippen LogP contribution in [0.1, 0.15) is 30.0 Å². The minimum Gasteiger partial charge on any atom is -0.480 e. The number of hydrogen-bond donors (Lipinski definition) is 6. The van der Waals surface area contributed by atoms with E-state index in [-0.39, 0.29) is 6.42 Å². The van der Waals surface area contributed by atoms with Crippen molar-refractivity contribution in [3.05, 3.63) is 65.2 Å². The summed E-state index contributed by atoms with van der Waals surface area (Å²) in [5.41, 5.74) is 14.2. The molecule has 0 spiro atoms. The van der Waals surface area contributed by atoms with Crippen LogP contribution in [0.5, 0.6) is 0 Å². The van der Waals surface area contributed by atoms with Crippen molar-refractivity contribution in [3.63, 3.8) is 0 Å². The number of hydrogen-bond acceptors (Lipinski definition) is 7. The van der Waals surface area contributed by atoms with Crippen LogP contribution in [0.25, 0.3) is 0 Å². The van der Waals surface area contributed by atoms with Crippen molar-refractivity contribution >= 4 is 23.6 Å². The van der Waals surface area contributed by atoms with Crippen LogP contribution in [0.2, 0.25) is 0 Å². The Labute approximate surface area is 204 Å². The van der Waals surface area contributed by atoms with Gasteiger partial charge in [0.1, 0.15) is 18.4 Å². The van der Waals surface area contributed by atoms with E-state index < -0.39 is 42.3 Å². The summed E-state index contributed by atoms with van der Waals surface area (Å²) in [5, 5.41) is 25.1. The molecule has 0 aliphatic rings. The summed E-state index contributed by atoms with van der Waals surface area (Å²) in [7, 11) is 0. The Kier molecular flexibility index (Phi) is 10.5. The average molecular weight is 484 g/mol. The molecule has 35 heavy (non-hydrogen) atoms. The normalized spacial score (nSPS) is 13.9. The van der Waals surface area contributed by atoms with Crippen molar-refractivity contribution in [1.29, 1.82) is 0 Å². The average Bonchev–Trinajstić information content (AvgIpc) is 2.81. The van der Waals surface area contributed by atoms with Crippen LogP contribution in [0.4, 0.5) is 10.5 Å². The van der Waals surface area contributed by atoms with Crippen molar-refractivity contribution in [3.8, 4) is 0 Å². The fourth-order valence-corrected chi connectivity index (χ4v) is 3.45. The molecule has 11 nitrogen and oxygen atoms in total. The number of nitrogens with one attached hydrogen (secondary N) is 3. The van der Waals surface area contributed by atoms with E-state index in [4.69, 9.17) is 11.5 Å². The summed E-state index contributed by atoms with van der Waals surface area (Å²) in [6.45, 7) is 5.47. The number of aliphatic carboxylic acids is 1. The summed E-state index contributed by atoms with van der Waals surface area (Å²) >= 11 is 0. The molecule has 0 saturated heterocycles. The van der Waals surface area contributed by atoms with Crippen LogP contribution in [0, 0.1) is 13.8 Å². The smallest absolute Gasteiger partial charge is 0.360 e. The van der Waals surface area contributed by atoms with Crippen LogP contribution in [0.15, 0.2) is 58.8 Å². The summed E-state index contributed by atoms with van der Waals surface area (Å²) < 4.78 is 0. The minimum atomic E-state index is -1.33. The number of carbonyl (C=O) groups excluding carboxylic acids is 2. The summed E-state index contributed by atoms with van der Waals surface area (Å²) in [5.74, 6) is -1.96. The molecule has 0 radical (unpaired) electrons. The fourth-order valence-electron chi connectivity index (χ4n) is 3.45. The zero-order chi connectivity index (χ0) is 26.0. The second-order valence-electron chi connectivity index (χ2n) is 8.21. The van der Waals surface area contributed by atoms with Gasteiger partial charge in [0.05, 0.1) is 5.69 Å². The molecule has 0 bridgehead atoms. The largest absolute Gasteiger partial charge is 0.480 e. The van der Waals surface area contributed by atoms with Gasteiger partial charge in [0, 0.05) is 12.5 Å². The number of nitrogens with two attached hydrogens (primary N) is 2. The third kappa shape index (κ3) is 8.89. The first-order valence-electron chi connectivity index (χ1n) is 11.2. The highest BCUT2D eigenvalue weighted by molar-refractivity contribution is 5.90. The molecule has 2 aromatic rings. The first-order valence-corrected chi connectivity index (χ1v) is 11.2. The molecule has 0 aromatic heterocycles. The van der Waals surface area contributed by atoms with Gasteiger partial charge in [0.2, 0.25) is 5.91 Å². The number of nitrogens with zero attached hydrogens (tertiary/aromatic N) is 2. The lowest BCUT2D eigenvalue weighted by atomic mass is 10.0. The van der Waals surface area contributed by atoms with Gasteiger partial charge in [0.25, 0.3) is 0 Å². The van der Waals surface area contributed by atoms with E-state index in [9.17, 15) is 19.5 Å². The molecule has 3 atom stereocenters. The van der Waals surface area contributed by atoms with Gasteiger partial charge < -0.3 is 27.2 Å². The Morgan fingerprint density at radius 2 is 1.71 bits per heavy atom. The number of urea groups is 1. The lowest BCUT2D eigenvalue weighted by Gasteiger charge is -2.28. The molecule has 188 valence electrons. The van der Waals surface area contributed by atoms with Crippen molar-refractivity contribution in [2.24, 2.45) is 21.7 Å². The van der Waals surface area contributed by atoms with Gasteiger partial charge >= 0.3 is 12.0 Å². The number of rotatable bonds is 11. The Morgan fingerprint density at radius 3 is 2.31 bits per heavy atom. The molecule has 8 N–H and O–H groups in total. The monoisotopic (exact) mass is 483 g/mol. The van der Waals surface area contributed by atoms with Crippen LogP contribution < -0.4 is 27.4 Å². The highest BCUT2D eigenvalue weighted by Crippen LogP contribution is 2.20. The molecule has 0 fully saturated rings. The number of aryl methyl sites for hydroxylation is 2. The van der Waals surface area contributed by atoms with E-state index in [0.29, 0.717) is 12.1 Å². The first kappa shape index (κ1) is 27.6. The zero-order valence-electron chi connectivity index (χ0n) is 20.1. The molecule has 2 rings (SSSR count). The quantitative estimate of drug-likeness (QED) is 0.208. The van der Waals surface area contributed by atoms with Gasteiger partial charge in [-0.2, -0.15) is 0 Å². The molecule has 2 aromatic carbocycles. The standard InChI is InChI=1S/C24H33N7O4/c1-4-17(27-23(25)26)20(22(33)34)29-21(32)19(13-16-8-6-5-7-9-16)28-24(35)31-30-18-12-14(2)10-11-15(18)3/h5-12,17,19-20,23,27H,4,13,25-26H2,1-3H3,(H,28,35)(H,29,32)(H,33,34). The van der Waals surface area contributed by atoms with Gasteiger partial charge in [-0.3, -0.25) is 10.1 Å². The fraction of sp³-hybridized carbons (Fsp3) is 0.375.